The van der Waals surface area contributed by atoms with Crippen LogP contribution >= 0.6 is 27.5 Å². The zero-order chi connectivity index (χ0) is 18.8. The van der Waals surface area contributed by atoms with Gasteiger partial charge in [-0.3, -0.25) is 20.0 Å². The van der Waals surface area contributed by atoms with Gasteiger partial charge in [0.1, 0.15) is 10.3 Å². The molecule has 0 bridgehead atoms. The molecule has 0 spiro atoms. The quantitative estimate of drug-likeness (QED) is 0.547. The van der Waals surface area contributed by atoms with Crippen molar-refractivity contribution in [2.45, 2.75) is 6.18 Å². The van der Waals surface area contributed by atoms with Crippen LogP contribution in [-0.4, -0.2) is 21.8 Å². The van der Waals surface area contributed by atoms with Crippen molar-refractivity contribution in [3.8, 4) is 0 Å². The van der Waals surface area contributed by atoms with E-state index < -0.39 is 23.2 Å². The second-order valence-electron chi connectivity index (χ2n) is 4.71. The Morgan fingerprint density at radius 1 is 1.36 bits per heavy atom. The summed E-state index contributed by atoms with van der Waals surface area (Å²) in [4.78, 5) is 27.0. The molecule has 130 valence electrons. The molecule has 0 aliphatic carbocycles. The average Bonchev–Trinajstić information content (AvgIpc) is 2.53. The van der Waals surface area contributed by atoms with Gasteiger partial charge in [-0.1, -0.05) is 17.7 Å². The number of rotatable bonds is 4. The first-order chi connectivity index (χ1) is 11.6. The SMILES string of the molecule is N=C(Br)c1ncc(C=O)cc1NC(=O)c1c(Cl)cccc1C(F)(F)F. The average molecular weight is 435 g/mol. The van der Waals surface area contributed by atoms with E-state index in [0.717, 1.165) is 24.4 Å². The second kappa shape index (κ2) is 7.32. The molecule has 2 aromatic rings. The minimum atomic E-state index is -4.79. The summed E-state index contributed by atoms with van der Waals surface area (Å²) < 4.78 is 39.1. The standard InChI is InChI=1S/C15H8BrClF3N3O2/c16-13(21)12-10(4-7(6-24)5-22-12)23-14(25)11-8(15(18,19)20)2-1-3-9(11)17/h1-6,21H,(H,23,25). The van der Waals surface area contributed by atoms with Crippen LogP contribution in [0, 0.1) is 5.41 Å². The molecule has 0 atom stereocenters. The number of aldehydes is 1. The van der Waals surface area contributed by atoms with E-state index in [0.29, 0.717) is 6.29 Å². The van der Waals surface area contributed by atoms with Gasteiger partial charge < -0.3 is 5.32 Å². The minimum Gasteiger partial charge on any atom is -0.320 e. The largest absolute Gasteiger partial charge is 0.417 e. The highest BCUT2D eigenvalue weighted by Gasteiger charge is 2.36. The Morgan fingerprint density at radius 2 is 2.04 bits per heavy atom. The molecule has 2 rings (SSSR count). The molecule has 0 saturated heterocycles. The lowest BCUT2D eigenvalue weighted by Gasteiger charge is -2.15. The third-order valence-corrected chi connectivity index (χ3v) is 3.74. The van der Waals surface area contributed by atoms with E-state index in [9.17, 15) is 22.8 Å². The summed E-state index contributed by atoms with van der Waals surface area (Å²) in [6.45, 7) is 0. The number of carbonyl (C=O) groups excluding carboxylic acids is 2. The van der Waals surface area contributed by atoms with E-state index in [1.807, 2.05) is 0 Å². The highest BCUT2D eigenvalue weighted by Crippen LogP contribution is 2.35. The highest BCUT2D eigenvalue weighted by molar-refractivity contribution is 9.18. The van der Waals surface area contributed by atoms with Crippen LogP contribution < -0.4 is 5.32 Å². The molecule has 0 radical (unpaired) electrons. The van der Waals surface area contributed by atoms with Crippen LogP contribution in [0.4, 0.5) is 18.9 Å². The van der Waals surface area contributed by atoms with Gasteiger partial charge >= 0.3 is 6.18 Å². The maximum absolute atomic E-state index is 13.1. The number of nitrogens with zero attached hydrogens (tertiary/aromatic N) is 1. The summed E-state index contributed by atoms with van der Waals surface area (Å²) in [6.07, 6.45) is -3.18. The number of amides is 1. The number of anilines is 1. The molecule has 0 fully saturated rings. The molecule has 5 nitrogen and oxygen atoms in total. The van der Waals surface area contributed by atoms with Crippen LogP contribution in [0.25, 0.3) is 0 Å². The fourth-order valence-corrected chi connectivity index (χ4v) is 2.57. The molecule has 0 aliphatic heterocycles. The minimum absolute atomic E-state index is 0.0560. The van der Waals surface area contributed by atoms with Gasteiger partial charge in [-0.2, -0.15) is 13.2 Å². The summed E-state index contributed by atoms with van der Waals surface area (Å²) in [7, 11) is 0. The predicted molar refractivity (Wildman–Crippen MR) is 89.8 cm³/mol. The number of hydrogen-bond donors (Lipinski definition) is 2. The lowest BCUT2D eigenvalue weighted by molar-refractivity contribution is -0.137. The molecule has 1 amide bonds. The first-order valence-electron chi connectivity index (χ1n) is 6.52. The smallest absolute Gasteiger partial charge is 0.320 e. The van der Waals surface area contributed by atoms with Crippen molar-refractivity contribution in [3.63, 3.8) is 0 Å². The van der Waals surface area contributed by atoms with E-state index >= 15 is 0 Å². The number of benzene rings is 1. The van der Waals surface area contributed by atoms with Crippen LogP contribution in [0.5, 0.6) is 0 Å². The Hall–Kier alpha value is -2.26. The van der Waals surface area contributed by atoms with Crippen molar-refractivity contribution in [1.29, 1.82) is 5.41 Å². The zero-order valence-corrected chi connectivity index (χ0v) is 14.5. The van der Waals surface area contributed by atoms with Crippen LogP contribution in [0.2, 0.25) is 5.02 Å². The predicted octanol–water partition coefficient (Wildman–Crippen LogP) is 4.54. The molecule has 2 N–H and O–H groups in total. The maximum atomic E-state index is 13.1. The lowest BCUT2D eigenvalue weighted by Crippen LogP contribution is -2.20. The summed E-state index contributed by atoms with van der Waals surface area (Å²) in [5, 5.41) is 9.38. The molecule has 1 aromatic heterocycles. The third kappa shape index (κ3) is 4.23. The zero-order valence-electron chi connectivity index (χ0n) is 12.1. The number of halogens is 5. The van der Waals surface area contributed by atoms with Crippen LogP contribution in [-0.2, 0) is 6.18 Å². The van der Waals surface area contributed by atoms with Crippen LogP contribution in [0.15, 0.2) is 30.5 Å². The van der Waals surface area contributed by atoms with E-state index in [1.54, 1.807) is 0 Å². The van der Waals surface area contributed by atoms with Crippen molar-refractivity contribution < 1.29 is 22.8 Å². The van der Waals surface area contributed by atoms with Crippen LogP contribution in [0.1, 0.15) is 32.0 Å². The van der Waals surface area contributed by atoms with Gasteiger partial charge in [0.15, 0.2) is 6.29 Å². The number of aromatic nitrogens is 1. The van der Waals surface area contributed by atoms with Crippen molar-refractivity contribution in [2.24, 2.45) is 0 Å². The molecular formula is C15H8BrClF3N3O2. The van der Waals surface area contributed by atoms with Crippen molar-refractivity contribution >= 4 is 50.0 Å². The summed E-state index contributed by atoms with van der Waals surface area (Å²) in [6, 6.07) is 4.15. The van der Waals surface area contributed by atoms with E-state index in [2.05, 4.69) is 26.2 Å². The number of hydrogen-bond acceptors (Lipinski definition) is 4. The number of nitrogens with one attached hydrogen (secondary N) is 2. The monoisotopic (exact) mass is 433 g/mol. The van der Waals surface area contributed by atoms with Gasteiger partial charge in [-0.15, -0.1) is 0 Å². The molecule has 1 aromatic carbocycles. The van der Waals surface area contributed by atoms with Crippen molar-refractivity contribution in [3.05, 3.63) is 57.9 Å². The number of alkyl halides is 3. The fraction of sp³-hybridized carbons (Fsp3) is 0.0667. The Balaban J connectivity index is 2.52. The highest BCUT2D eigenvalue weighted by atomic mass is 79.9. The first-order valence-corrected chi connectivity index (χ1v) is 7.69. The van der Waals surface area contributed by atoms with Crippen LogP contribution in [0.3, 0.4) is 0 Å². The first kappa shape index (κ1) is 19.1. The van der Waals surface area contributed by atoms with Gasteiger partial charge in [0.05, 0.1) is 21.8 Å². The Labute approximate surface area is 152 Å². The number of pyridine rings is 1. The summed E-state index contributed by atoms with van der Waals surface area (Å²) in [5.74, 6) is -1.14. The van der Waals surface area contributed by atoms with Gasteiger partial charge in [0.25, 0.3) is 5.91 Å². The van der Waals surface area contributed by atoms with E-state index in [4.69, 9.17) is 17.0 Å². The number of carbonyl (C=O) groups is 2. The van der Waals surface area contributed by atoms with E-state index in [1.165, 1.54) is 6.07 Å². The molecular weight excluding hydrogens is 427 g/mol. The Morgan fingerprint density at radius 3 is 2.60 bits per heavy atom. The molecule has 25 heavy (non-hydrogen) atoms. The molecule has 10 heteroatoms. The molecule has 1 heterocycles. The molecule has 0 unspecified atom stereocenters. The van der Waals surface area contributed by atoms with Crippen molar-refractivity contribution in [1.82, 2.24) is 4.98 Å². The third-order valence-electron chi connectivity index (χ3n) is 3.05. The van der Waals surface area contributed by atoms with Gasteiger partial charge in [0, 0.05) is 11.8 Å². The Bertz CT molecular complexity index is 872. The lowest BCUT2D eigenvalue weighted by atomic mass is 10.1. The van der Waals surface area contributed by atoms with Gasteiger partial charge in [-0.05, 0) is 34.1 Å². The van der Waals surface area contributed by atoms with Gasteiger partial charge in [0.2, 0.25) is 0 Å². The van der Waals surface area contributed by atoms with E-state index in [-0.39, 0.29) is 26.6 Å². The summed E-state index contributed by atoms with van der Waals surface area (Å²) >= 11 is 8.64. The Kier molecular flexibility index (Phi) is 5.58. The normalized spacial score (nSPS) is 11.1. The van der Waals surface area contributed by atoms with Gasteiger partial charge in [-0.25, -0.2) is 0 Å². The maximum Gasteiger partial charge on any atom is 0.417 e. The topological polar surface area (TPSA) is 82.9 Å². The molecule has 0 saturated carbocycles. The van der Waals surface area contributed by atoms with Crippen molar-refractivity contribution in [2.75, 3.05) is 5.32 Å². The molecule has 0 aliphatic rings. The summed E-state index contributed by atoms with van der Waals surface area (Å²) in [5.41, 5.74) is -2.06. The fourth-order valence-electron chi connectivity index (χ4n) is 1.99. The second-order valence-corrected chi connectivity index (χ2v) is 5.91.